The predicted molar refractivity (Wildman–Crippen MR) is 64.9 cm³/mol. The molecular weight excluding hydrogens is 192 g/mol. The van der Waals surface area contributed by atoms with Gasteiger partial charge in [-0.1, -0.05) is 0 Å². The average Bonchev–Trinajstić information content (AvgIpc) is 2.64. The number of hydrogen-bond acceptors (Lipinski definition) is 3. The van der Waals surface area contributed by atoms with E-state index in [-0.39, 0.29) is 0 Å². The Bertz CT molecular complexity index is 319. The van der Waals surface area contributed by atoms with Gasteiger partial charge in [0, 0.05) is 23.2 Å². The van der Waals surface area contributed by atoms with Crippen molar-refractivity contribution in [1.29, 1.82) is 0 Å². The first-order valence-electron chi connectivity index (χ1n) is 4.96. The number of aryl methyl sites for hydroxylation is 1. The van der Waals surface area contributed by atoms with Crippen molar-refractivity contribution in [2.24, 2.45) is 0 Å². The molecule has 0 aromatic heterocycles. The van der Waals surface area contributed by atoms with Crippen LogP contribution in [0.1, 0.15) is 12.0 Å². The smallest absolute Gasteiger partial charge is 0.0359 e. The quantitative estimate of drug-likeness (QED) is 0.733. The van der Waals surface area contributed by atoms with Crippen LogP contribution in [0.2, 0.25) is 0 Å². The molecule has 0 bridgehead atoms. The zero-order chi connectivity index (χ0) is 9.97. The van der Waals surface area contributed by atoms with Gasteiger partial charge in [-0.3, -0.25) is 0 Å². The van der Waals surface area contributed by atoms with Gasteiger partial charge in [0.2, 0.25) is 0 Å². The molecule has 1 fully saturated rings. The number of hydrogen-bond donors (Lipinski definition) is 2. The SMILES string of the molecule is Cc1cc(NC2CCSC2)ccc1N. The van der Waals surface area contributed by atoms with E-state index in [1.54, 1.807) is 0 Å². The number of thioether (sulfide) groups is 1. The summed E-state index contributed by atoms with van der Waals surface area (Å²) >= 11 is 2.02. The molecule has 0 amide bonds. The van der Waals surface area contributed by atoms with Crippen LogP contribution in [0.4, 0.5) is 11.4 Å². The van der Waals surface area contributed by atoms with Crippen molar-refractivity contribution in [3.8, 4) is 0 Å². The van der Waals surface area contributed by atoms with E-state index in [1.165, 1.54) is 23.6 Å². The number of nitrogen functional groups attached to an aromatic ring is 1. The van der Waals surface area contributed by atoms with Crippen molar-refractivity contribution in [3.63, 3.8) is 0 Å². The molecular formula is C11H16N2S. The third-order valence-electron chi connectivity index (χ3n) is 2.57. The van der Waals surface area contributed by atoms with Crippen molar-refractivity contribution in [1.82, 2.24) is 0 Å². The van der Waals surface area contributed by atoms with Crippen molar-refractivity contribution >= 4 is 23.1 Å². The molecule has 0 spiro atoms. The summed E-state index contributed by atoms with van der Waals surface area (Å²) < 4.78 is 0. The minimum absolute atomic E-state index is 0.642. The number of anilines is 2. The zero-order valence-electron chi connectivity index (χ0n) is 8.42. The molecule has 0 aliphatic carbocycles. The summed E-state index contributed by atoms with van der Waals surface area (Å²) in [6.07, 6.45) is 1.27. The Hall–Kier alpha value is -0.830. The first kappa shape index (κ1) is 9.71. The van der Waals surface area contributed by atoms with Gasteiger partial charge in [-0.15, -0.1) is 0 Å². The monoisotopic (exact) mass is 208 g/mol. The fourth-order valence-electron chi connectivity index (χ4n) is 1.65. The summed E-state index contributed by atoms with van der Waals surface area (Å²) in [4.78, 5) is 0. The van der Waals surface area contributed by atoms with E-state index in [9.17, 15) is 0 Å². The fourth-order valence-corrected chi connectivity index (χ4v) is 2.80. The molecule has 1 atom stereocenters. The molecule has 0 radical (unpaired) electrons. The summed E-state index contributed by atoms with van der Waals surface area (Å²) in [5.41, 5.74) is 8.99. The van der Waals surface area contributed by atoms with Gasteiger partial charge in [0.05, 0.1) is 0 Å². The number of rotatable bonds is 2. The summed E-state index contributed by atoms with van der Waals surface area (Å²) in [5.74, 6) is 2.51. The predicted octanol–water partition coefficient (Wildman–Crippen LogP) is 2.49. The molecule has 2 nitrogen and oxygen atoms in total. The van der Waals surface area contributed by atoms with Crippen LogP contribution < -0.4 is 11.1 Å². The number of benzene rings is 1. The first-order chi connectivity index (χ1) is 6.75. The number of nitrogens with one attached hydrogen (secondary N) is 1. The van der Waals surface area contributed by atoms with E-state index in [4.69, 9.17) is 5.73 Å². The van der Waals surface area contributed by atoms with Gasteiger partial charge in [-0.05, 0) is 42.9 Å². The molecule has 1 saturated heterocycles. The van der Waals surface area contributed by atoms with Gasteiger partial charge in [0.15, 0.2) is 0 Å². The average molecular weight is 208 g/mol. The maximum absolute atomic E-state index is 5.76. The normalized spacial score (nSPS) is 21.1. The van der Waals surface area contributed by atoms with E-state index in [0.29, 0.717) is 6.04 Å². The molecule has 1 aromatic rings. The van der Waals surface area contributed by atoms with Gasteiger partial charge in [0.25, 0.3) is 0 Å². The van der Waals surface area contributed by atoms with Crippen LogP contribution in [0.5, 0.6) is 0 Å². The molecule has 76 valence electrons. The second-order valence-electron chi connectivity index (χ2n) is 3.78. The van der Waals surface area contributed by atoms with E-state index in [2.05, 4.69) is 17.4 Å². The van der Waals surface area contributed by atoms with Crippen LogP contribution in [0.25, 0.3) is 0 Å². The van der Waals surface area contributed by atoms with E-state index < -0.39 is 0 Å². The molecule has 0 saturated carbocycles. The highest BCUT2D eigenvalue weighted by molar-refractivity contribution is 7.99. The lowest BCUT2D eigenvalue weighted by Crippen LogP contribution is -2.18. The summed E-state index contributed by atoms with van der Waals surface area (Å²) in [7, 11) is 0. The van der Waals surface area contributed by atoms with Crippen LogP contribution in [0, 0.1) is 6.92 Å². The molecule has 1 heterocycles. The molecule has 14 heavy (non-hydrogen) atoms. The van der Waals surface area contributed by atoms with Crippen LogP contribution in [0.15, 0.2) is 18.2 Å². The van der Waals surface area contributed by atoms with Crippen LogP contribution in [-0.4, -0.2) is 17.5 Å². The third kappa shape index (κ3) is 2.15. The highest BCUT2D eigenvalue weighted by Gasteiger charge is 2.14. The third-order valence-corrected chi connectivity index (χ3v) is 3.73. The topological polar surface area (TPSA) is 38.0 Å². The molecule has 2 rings (SSSR count). The summed E-state index contributed by atoms with van der Waals surface area (Å²) in [6.45, 7) is 2.05. The standard InChI is InChI=1S/C11H16N2S/c1-8-6-9(2-3-11(8)12)13-10-4-5-14-7-10/h2-3,6,10,13H,4-5,7,12H2,1H3. The minimum atomic E-state index is 0.642. The Balaban J connectivity index is 2.05. The fraction of sp³-hybridized carbons (Fsp3) is 0.455. The van der Waals surface area contributed by atoms with Gasteiger partial charge >= 0.3 is 0 Å². The van der Waals surface area contributed by atoms with Gasteiger partial charge in [-0.25, -0.2) is 0 Å². The Morgan fingerprint density at radius 2 is 2.36 bits per heavy atom. The second-order valence-corrected chi connectivity index (χ2v) is 4.93. The molecule has 1 aromatic carbocycles. The zero-order valence-corrected chi connectivity index (χ0v) is 9.23. The van der Waals surface area contributed by atoms with Gasteiger partial charge in [0.1, 0.15) is 0 Å². The molecule has 3 N–H and O–H groups in total. The lowest BCUT2D eigenvalue weighted by atomic mass is 10.1. The maximum atomic E-state index is 5.76. The van der Waals surface area contributed by atoms with Crippen molar-refractivity contribution in [2.75, 3.05) is 22.6 Å². The Kier molecular flexibility index (Phi) is 2.87. The van der Waals surface area contributed by atoms with Crippen molar-refractivity contribution in [3.05, 3.63) is 23.8 Å². The van der Waals surface area contributed by atoms with Crippen molar-refractivity contribution in [2.45, 2.75) is 19.4 Å². The largest absolute Gasteiger partial charge is 0.399 e. The maximum Gasteiger partial charge on any atom is 0.0359 e. The second kappa shape index (κ2) is 4.13. The van der Waals surface area contributed by atoms with Gasteiger partial charge in [-0.2, -0.15) is 11.8 Å². The lowest BCUT2D eigenvalue weighted by molar-refractivity contribution is 0.813. The van der Waals surface area contributed by atoms with E-state index in [1.807, 2.05) is 24.8 Å². The van der Waals surface area contributed by atoms with Crippen molar-refractivity contribution < 1.29 is 0 Å². The Labute approximate surface area is 89.3 Å². The van der Waals surface area contributed by atoms with Crippen LogP contribution >= 0.6 is 11.8 Å². The first-order valence-corrected chi connectivity index (χ1v) is 6.11. The Morgan fingerprint density at radius 3 is 3.00 bits per heavy atom. The summed E-state index contributed by atoms with van der Waals surface area (Å²) in [5, 5.41) is 3.53. The summed E-state index contributed by atoms with van der Waals surface area (Å²) in [6, 6.07) is 6.80. The Morgan fingerprint density at radius 1 is 1.50 bits per heavy atom. The minimum Gasteiger partial charge on any atom is -0.399 e. The molecule has 1 aliphatic heterocycles. The highest BCUT2D eigenvalue weighted by atomic mass is 32.2. The highest BCUT2D eigenvalue weighted by Crippen LogP contribution is 2.23. The van der Waals surface area contributed by atoms with Crippen LogP contribution in [0.3, 0.4) is 0 Å². The van der Waals surface area contributed by atoms with Crippen LogP contribution in [-0.2, 0) is 0 Å². The molecule has 1 aliphatic rings. The molecule has 1 unspecified atom stereocenters. The van der Waals surface area contributed by atoms with E-state index in [0.717, 1.165) is 11.3 Å². The van der Waals surface area contributed by atoms with E-state index >= 15 is 0 Å². The number of nitrogens with two attached hydrogens (primary N) is 1. The lowest BCUT2D eigenvalue weighted by Gasteiger charge is -2.13. The molecule has 3 heteroatoms. The van der Waals surface area contributed by atoms with Gasteiger partial charge < -0.3 is 11.1 Å².